The zero-order chi connectivity index (χ0) is 15.2. The molecule has 3 fully saturated rings. The van der Waals surface area contributed by atoms with Crippen LogP contribution in [0, 0.1) is 0 Å². The van der Waals surface area contributed by atoms with Gasteiger partial charge < -0.3 is 9.47 Å². The van der Waals surface area contributed by atoms with E-state index in [-0.39, 0.29) is 0 Å². The van der Waals surface area contributed by atoms with Gasteiger partial charge in [0.1, 0.15) is 22.1 Å². The Morgan fingerprint density at radius 3 is 1.32 bits per heavy atom. The van der Waals surface area contributed by atoms with Gasteiger partial charge in [-0.15, -0.1) is 0 Å². The standard InChI is InChI=1S/C14H14O2P2S4/c1-15-11-3-7-13(8-4-11)17-19-18(20-17,22-21-17)14-9-5-12(16-2)6-10-14/h3-10H,1-2H3/q+2. The van der Waals surface area contributed by atoms with Crippen molar-refractivity contribution in [2.24, 2.45) is 0 Å². The van der Waals surface area contributed by atoms with Gasteiger partial charge in [-0.1, -0.05) is 0 Å². The zero-order valence-corrected chi connectivity index (χ0v) is 17.0. The van der Waals surface area contributed by atoms with Gasteiger partial charge in [-0.2, -0.15) is 0 Å². The molecule has 5 rings (SSSR count). The molecule has 2 aromatic carbocycles. The molecule has 22 heavy (non-hydrogen) atoms. The van der Waals surface area contributed by atoms with Crippen LogP contribution in [0.2, 0.25) is 0 Å². The summed E-state index contributed by atoms with van der Waals surface area (Å²) in [6, 6.07) is 17.3. The van der Waals surface area contributed by atoms with Gasteiger partial charge >= 0.3 is 9.74 Å². The van der Waals surface area contributed by atoms with Gasteiger partial charge in [-0.3, -0.25) is 0 Å². The normalized spacial score (nSPS) is 29.0. The highest BCUT2D eigenvalue weighted by Gasteiger charge is 2.89. The van der Waals surface area contributed by atoms with Crippen LogP contribution >= 0.6 is 52.6 Å². The predicted molar refractivity (Wildman–Crippen MR) is 109 cm³/mol. The Hall–Kier alpha value is 0.300. The summed E-state index contributed by atoms with van der Waals surface area (Å²) in [4.78, 5) is -2.27. The first kappa shape index (κ1) is 15.8. The molecule has 0 amide bonds. The molecule has 2 nitrogen and oxygen atoms in total. The van der Waals surface area contributed by atoms with E-state index in [2.05, 4.69) is 91.4 Å². The van der Waals surface area contributed by atoms with Crippen LogP contribution in [0.3, 0.4) is 0 Å². The van der Waals surface area contributed by atoms with Crippen LogP contribution in [-0.2, 0) is 0 Å². The molecule has 3 aliphatic rings. The lowest BCUT2D eigenvalue weighted by atomic mass is 10.3. The van der Waals surface area contributed by atoms with Gasteiger partial charge in [0.05, 0.1) is 14.2 Å². The van der Waals surface area contributed by atoms with Crippen molar-refractivity contribution in [1.29, 1.82) is 0 Å². The van der Waals surface area contributed by atoms with Gasteiger partial charge in [0.2, 0.25) is 0 Å². The van der Waals surface area contributed by atoms with E-state index < -0.39 is 9.74 Å². The van der Waals surface area contributed by atoms with Crippen molar-refractivity contribution in [3.8, 4) is 11.5 Å². The van der Waals surface area contributed by atoms with E-state index in [1.807, 2.05) is 0 Å². The van der Waals surface area contributed by atoms with Gasteiger partial charge in [0, 0.05) is 0 Å². The molecule has 2 aromatic rings. The molecule has 0 aromatic heterocycles. The Morgan fingerprint density at radius 2 is 1.00 bits per heavy atom. The number of hydrogen-bond donors (Lipinski definition) is 0. The van der Waals surface area contributed by atoms with E-state index in [4.69, 9.17) is 9.47 Å². The Kier molecular flexibility index (Phi) is 4.30. The fourth-order valence-corrected chi connectivity index (χ4v) is 75.8. The average Bonchev–Trinajstić information content (AvgIpc) is 3.13. The van der Waals surface area contributed by atoms with E-state index in [0.717, 1.165) is 11.5 Å². The molecule has 0 atom stereocenters. The van der Waals surface area contributed by atoms with Crippen molar-refractivity contribution >= 4 is 63.2 Å². The van der Waals surface area contributed by atoms with Crippen molar-refractivity contribution in [3.63, 3.8) is 0 Å². The number of methoxy groups -OCH3 is 2. The monoisotopic (exact) mass is 404 g/mol. The molecule has 114 valence electrons. The Bertz CT molecular complexity index is 627. The summed E-state index contributed by atoms with van der Waals surface area (Å²) < 4.78 is 10.5. The summed E-state index contributed by atoms with van der Waals surface area (Å²) in [5.41, 5.74) is 0. The number of hydrogen-bond acceptors (Lipinski definition) is 6. The smallest absolute Gasteiger partial charge is 0.326 e. The third-order valence-corrected chi connectivity index (χ3v) is 49.0. The van der Waals surface area contributed by atoms with E-state index >= 15 is 0 Å². The molecular weight excluding hydrogens is 390 g/mol. The third kappa shape index (κ3) is 2.47. The van der Waals surface area contributed by atoms with Crippen molar-refractivity contribution in [1.82, 2.24) is 0 Å². The van der Waals surface area contributed by atoms with Gasteiger partial charge in [0.15, 0.2) is 20.8 Å². The second-order valence-corrected chi connectivity index (χ2v) is 29.9. The summed E-state index contributed by atoms with van der Waals surface area (Å²) in [7, 11) is 7.68. The van der Waals surface area contributed by atoms with Crippen molar-refractivity contribution in [3.05, 3.63) is 48.5 Å². The van der Waals surface area contributed by atoms with Crippen LogP contribution in [0.25, 0.3) is 0 Å². The molecule has 0 aliphatic carbocycles. The molecule has 0 spiro atoms. The summed E-state index contributed by atoms with van der Waals surface area (Å²) >= 11 is 4.50. The topological polar surface area (TPSA) is 18.5 Å². The second kappa shape index (κ2) is 5.98. The largest absolute Gasteiger partial charge is 0.497 e. The molecule has 8 heteroatoms. The van der Waals surface area contributed by atoms with E-state index in [0.29, 0.717) is 0 Å². The maximum Gasteiger partial charge on any atom is 0.326 e. The van der Waals surface area contributed by atoms with Crippen LogP contribution in [0.1, 0.15) is 0 Å². The van der Waals surface area contributed by atoms with Crippen LogP contribution in [0.15, 0.2) is 48.5 Å². The molecule has 3 heterocycles. The number of ether oxygens (including phenoxy) is 2. The summed E-state index contributed by atoms with van der Waals surface area (Å²) in [6.45, 7) is 0. The molecule has 3 aliphatic heterocycles. The Morgan fingerprint density at radius 1 is 0.636 bits per heavy atom. The van der Waals surface area contributed by atoms with Gasteiger partial charge in [-0.25, -0.2) is 0 Å². The minimum absolute atomic E-state index is 0.936. The minimum Gasteiger partial charge on any atom is -0.497 e. The summed E-state index contributed by atoms with van der Waals surface area (Å²) in [6.07, 6.45) is 0. The Labute approximate surface area is 146 Å². The molecule has 0 N–H and O–H groups in total. The average molecular weight is 404 g/mol. The highest BCUT2D eigenvalue weighted by Crippen LogP contribution is 3.29. The van der Waals surface area contributed by atoms with E-state index in [9.17, 15) is 0 Å². The fourth-order valence-electron chi connectivity index (χ4n) is 2.24. The quantitative estimate of drug-likeness (QED) is 0.453. The molecule has 2 bridgehead atoms. The summed E-state index contributed by atoms with van der Waals surface area (Å²) in [5, 5.41) is 2.98. The van der Waals surface area contributed by atoms with Crippen molar-refractivity contribution < 1.29 is 9.47 Å². The van der Waals surface area contributed by atoms with Crippen LogP contribution in [-0.4, -0.2) is 14.2 Å². The predicted octanol–water partition coefficient (Wildman–Crippen LogP) is 6.05. The first-order valence-corrected chi connectivity index (χ1v) is 17.6. The Balaban J connectivity index is 1.57. The maximum absolute atomic E-state index is 5.27. The van der Waals surface area contributed by atoms with E-state index in [1.165, 1.54) is 10.6 Å². The lowest BCUT2D eigenvalue weighted by Crippen LogP contribution is -2.09. The highest BCUT2D eigenvalue weighted by atomic mass is 34.1. The molecule has 0 unspecified atom stereocenters. The van der Waals surface area contributed by atoms with Gasteiger partial charge in [0.25, 0.3) is 22.0 Å². The molecule has 0 saturated carbocycles. The second-order valence-electron chi connectivity index (χ2n) is 4.70. The highest BCUT2D eigenvalue weighted by molar-refractivity contribution is 9.78. The number of benzene rings is 2. The molecular formula is C14H14O2P2S4+2. The first-order chi connectivity index (χ1) is 10.7. The fraction of sp³-hybridized carbons (Fsp3) is 0.143. The van der Waals surface area contributed by atoms with Crippen LogP contribution in [0.4, 0.5) is 0 Å². The number of rotatable bonds is 4. The SMILES string of the molecule is COc1ccc([P+]23SS[P+](c4ccc(OC)cc4)(S2)S3)cc1. The minimum atomic E-state index is -1.13. The first-order valence-electron chi connectivity index (χ1n) is 6.58. The maximum atomic E-state index is 5.27. The van der Waals surface area contributed by atoms with Crippen molar-refractivity contribution in [2.45, 2.75) is 0 Å². The van der Waals surface area contributed by atoms with Crippen molar-refractivity contribution in [2.75, 3.05) is 14.2 Å². The number of fused-ring (bicyclic) bond motifs is 1. The molecule has 0 radical (unpaired) electrons. The van der Waals surface area contributed by atoms with Crippen LogP contribution in [0.5, 0.6) is 11.5 Å². The third-order valence-electron chi connectivity index (χ3n) is 3.44. The van der Waals surface area contributed by atoms with E-state index in [1.54, 1.807) is 14.2 Å². The lowest BCUT2D eigenvalue weighted by molar-refractivity contribution is 0.415. The summed E-state index contributed by atoms with van der Waals surface area (Å²) in [5.74, 6) is 1.87. The van der Waals surface area contributed by atoms with Crippen LogP contribution < -0.4 is 20.1 Å². The molecule has 3 saturated heterocycles. The lowest BCUT2D eigenvalue weighted by Gasteiger charge is -2.22. The zero-order valence-electron chi connectivity index (χ0n) is 12.0. The van der Waals surface area contributed by atoms with Gasteiger partial charge in [-0.05, 0) is 48.5 Å².